The van der Waals surface area contributed by atoms with Gasteiger partial charge in [0.15, 0.2) is 6.61 Å². The van der Waals surface area contributed by atoms with Gasteiger partial charge in [0.05, 0.1) is 13.7 Å². The Bertz CT molecular complexity index is 652. The molecule has 0 fully saturated rings. The van der Waals surface area contributed by atoms with E-state index in [2.05, 4.69) is 0 Å². The number of carbonyl (C=O) groups excluding carboxylic acids is 2. The van der Waals surface area contributed by atoms with Crippen molar-refractivity contribution in [3.05, 3.63) is 60.2 Å². The Labute approximate surface area is 135 Å². The first kappa shape index (κ1) is 16.5. The molecule has 0 unspecified atom stereocenters. The number of esters is 1. The predicted octanol–water partition coefficient (Wildman–Crippen LogP) is 2.79. The summed E-state index contributed by atoms with van der Waals surface area (Å²) in [5, 5.41) is 0. The molecule has 0 heterocycles. The number of para-hydroxylation sites is 1. The molecule has 0 aliphatic heterocycles. The highest BCUT2D eigenvalue weighted by molar-refractivity contribution is 5.95. The first-order valence-electron chi connectivity index (χ1n) is 7.22. The molecule has 5 nitrogen and oxygen atoms in total. The maximum absolute atomic E-state index is 12.4. The molecular formula is C18H19NO4. The number of anilines is 1. The molecule has 0 spiro atoms. The first-order chi connectivity index (χ1) is 11.1. The topological polar surface area (TPSA) is 55.8 Å². The number of ether oxygens (including phenoxy) is 2. The monoisotopic (exact) mass is 313 g/mol. The molecule has 23 heavy (non-hydrogen) atoms. The maximum atomic E-state index is 12.4. The quantitative estimate of drug-likeness (QED) is 0.770. The van der Waals surface area contributed by atoms with Crippen LogP contribution < -0.4 is 9.64 Å². The van der Waals surface area contributed by atoms with Crippen molar-refractivity contribution in [2.45, 2.75) is 13.5 Å². The number of rotatable bonds is 6. The maximum Gasteiger partial charge on any atom is 0.303 e. The number of benzene rings is 2. The average molecular weight is 313 g/mol. The van der Waals surface area contributed by atoms with E-state index in [1.807, 2.05) is 54.6 Å². The van der Waals surface area contributed by atoms with Crippen LogP contribution in [0.5, 0.6) is 5.75 Å². The Morgan fingerprint density at radius 3 is 2.22 bits per heavy atom. The van der Waals surface area contributed by atoms with E-state index in [0.717, 1.165) is 17.0 Å². The van der Waals surface area contributed by atoms with Crippen molar-refractivity contribution in [3.8, 4) is 5.75 Å². The second kappa shape index (κ2) is 7.98. The minimum absolute atomic E-state index is 0.276. The molecule has 0 atom stereocenters. The third-order valence-corrected chi connectivity index (χ3v) is 3.27. The molecule has 0 saturated heterocycles. The number of carbonyl (C=O) groups is 2. The van der Waals surface area contributed by atoms with Gasteiger partial charge in [-0.3, -0.25) is 9.59 Å². The standard InChI is InChI=1S/C18H19NO4/c1-14(20)23-13-18(21)19(16-6-4-3-5-7-16)12-15-8-10-17(22-2)11-9-15/h3-11H,12-13H2,1-2H3. The van der Waals surface area contributed by atoms with Gasteiger partial charge in [0.2, 0.25) is 0 Å². The molecule has 0 aromatic heterocycles. The fourth-order valence-electron chi connectivity index (χ4n) is 2.09. The van der Waals surface area contributed by atoms with E-state index in [4.69, 9.17) is 9.47 Å². The van der Waals surface area contributed by atoms with Crippen LogP contribution in [0.3, 0.4) is 0 Å². The Morgan fingerprint density at radius 1 is 1.00 bits per heavy atom. The molecule has 1 amide bonds. The lowest BCUT2D eigenvalue weighted by Crippen LogP contribution is -2.34. The smallest absolute Gasteiger partial charge is 0.303 e. The molecule has 0 aliphatic rings. The van der Waals surface area contributed by atoms with Crippen LogP contribution in [0.2, 0.25) is 0 Å². The van der Waals surface area contributed by atoms with Crippen molar-refractivity contribution in [3.63, 3.8) is 0 Å². The molecule has 2 rings (SSSR count). The van der Waals surface area contributed by atoms with Crippen molar-refractivity contribution in [2.24, 2.45) is 0 Å². The van der Waals surface area contributed by atoms with Gasteiger partial charge in [-0.1, -0.05) is 30.3 Å². The summed E-state index contributed by atoms with van der Waals surface area (Å²) in [4.78, 5) is 24.9. The molecule has 0 N–H and O–H groups in total. The summed E-state index contributed by atoms with van der Waals surface area (Å²) in [5.74, 6) is 0.00396. The highest BCUT2D eigenvalue weighted by atomic mass is 16.5. The van der Waals surface area contributed by atoms with Crippen molar-refractivity contribution < 1.29 is 19.1 Å². The number of hydrogen-bond acceptors (Lipinski definition) is 4. The number of methoxy groups -OCH3 is 1. The van der Waals surface area contributed by atoms with E-state index in [9.17, 15) is 9.59 Å². The minimum atomic E-state index is -0.476. The lowest BCUT2D eigenvalue weighted by Gasteiger charge is -2.23. The van der Waals surface area contributed by atoms with Crippen LogP contribution in [0.15, 0.2) is 54.6 Å². The fraction of sp³-hybridized carbons (Fsp3) is 0.222. The van der Waals surface area contributed by atoms with Crippen molar-refractivity contribution in [1.29, 1.82) is 0 Å². The second-order valence-corrected chi connectivity index (χ2v) is 4.94. The Balaban J connectivity index is 2.18. The summed E-state index contributed by atoms with van der Waals surface area (Å²) < 4.78 is 9.96. The Morgan fingerprint density at radius 2 is 1.65 bits per heavy atom. The van der Waals surface area contributed by atoms with Gasteiger partial charge in [-0.2, -0.15) is 0 Å². The SMILES string of the molecule is COc1ccc(CN(C(=O)COC(C)=O)c2ccccc2)cc1. The molecular weight excluding hydrogens is 294 g/mol. The molecule has 0 radical (unpaired) electrons. The first-order valence-corrected chi connectivity index (χ1v) is 7.22. The van der Waals surface area contributed by atoms with Crippen LogP contribution in [0.4, 0.5) is 5.69 Å². The zero-order valence-electron chi connectivity index (χ0n) is 13.2. The van der Waals surface area contributed by atoms with Crippen LogP contribution in [-0.4, -0.2) is 25.6 Å². The van der Waals surface area contributed by atoms with Crippen molar-refractivity contribution in [2.75, 3.05) is 18.6 Å². The van der Waals surface area contributed by atoms with E-state index in [1.165, 1.54) is 6.92 Å². The van der Waals surface area contributed by atoms with E-state index >= 15 is 0 Å². The Kier molecular flexibility index (Phi) is 5.74. The predicted molar refractivity (Wildman–Crippen MR) is 87.3 cm³/mol. The number of hydrogen-bond donors (Lipinski definition) is 0. The van der Waals surface area contributed by atoms with Gasteiger partial charge in [0.1, 0.15) is 5.75 Å². The number of nitrogens with zero attached hydrogens (tertiary/aromatic N) is 1. The zero-order chi connectivity index (χ0) is 16.7. The highest BCUT2D eigenvalue weighted by Gasteiger charge is 2.17. The van der Waals surface area contributed by atoms with Gasteiger partial charge in [0, 0.05) is 12.6 Å². The summed E-state index contributed by atoms with van der Waals surface area (Å²) in [6.07, 6.45) is 0. The number of amides is 1. The van der Waals surface area contributed by atoms with Crippen LogP contribution in [0.1, 0.15) is 12.5 Å². The van der Waals surface area contributed by atoms with Gasteiger partial charge < -0.3 is 14.4 Å². The summed E-state index contributed by atoms with van der Waals surface area (Å²) in [5.41, 5.74) is 1.70. The lowest BCUT2D eigenvalue weighted by molar-refractivity contribution is -0.145. The molecule has 120 valence electrons. The highest BCUT2D eigenvalue weighted by Crippen LogP contribution is 2.19. The molecule has 5 heteroatoms. The van der Waals surface area contributed by atoms with Gasteiger partial charge in [-0.05, 0) is 29.8 Å². The van der Waals surface area contributed by atoms with E-state index in [1.54, 1.807) is 12.0 Å². The third kappa shape index (κ3) is 4.85. The van der Waals surface area contributed by atoms with Crippen LogP contribution >= 0.6 is 0 Å². The van der Waals surface area contributed by atoms with Crippen LogP contribution in [-0.2, 0) is 20.9 Å². The van der Waals surface area contributed by atoms with Gasteiger partial charge in [0.25, 0.3) is 5.91 Å². The normalized spacial score (nSPS) is 10.0. The largest absolute Gasteiger partial charge is 0.497 e. The molecule has 0 aliphatic carbocycles. The van der Waals surface area contributed by atoms with Gasteiger partial charge in [-0.25, -0.2) is 0 Å². The van der Waals surface area contributed by atoms with Crippen LogP contribution in [0, 0.1) is 0 Å². The molecule has 2 aromatic rings. The fourth-order valence-corrected chi connectivity index (χ4v) is 2.09. The van der Waals surface area contributed by atoms with E-state index < -0.39 is 5.97 Å². The minimum Gasteiger partial charge on any atom is -0.497 e. The summed E-state index contributed by atoms with van der Waals surface area (Å²) in [6, 6.07) is 16.8. The molecule has 0 saturated carbocycles. The van der Waals surface area contributed by atoms with Gasteiger partial charge in [-0.15, -0.1) is 0 Å². The molecule has 2 aromatic carbocycles. The van der Waals surface area contributed by atoms with Crippen molar-refractivity contribution in [1.82, 2.24) is 0 Å². The third-order valence-electron chi connectivity index (χ3n) is 3.27. The zero-order valence-corrected chi connectivity index (χ0v) is 13.2. The second-order valence-electron chi connectivity index (χ2n) is 4.94. The lowest BCUT2D eigenvalue weighted by atomic mass is 10.2. The van der Waals surface area contributed by atoms with Crippen molar-refractivity contribution >= 4 is 17.6 Å². The van der Waals surface area contributed by atoms with Gasteiger partial charge >= 0.3 is 5.97 Å². The summed E-state index contributed by atoms with van der Waals surface area (Å²) >= 11 is 0. The van der Waals surface area contributed by atoms with E-state index in [-0.39, 0.29) is 12.5 Å². The Hall–Kier alpha value is -2.82. The summed E-state index contributed by atoms with van der Waals surface area (Å²) in [6.45, 7) is 1.39. The molecule has 0 bridgehead atoms. The van der Waals surface area contributed by atoms with Crippen LogP contribution in [0.25, 0.3) is 0 Å². The van der Waals surface area contributed by atoms with E-state index in [0.29, 0.717) is 6.54 Å². The summed E-state index contributed by atoms with van der Waals surface area (Å²) in [7, 11) is 1.61. The average Bonchev–Trinajstić information content (AvgIpc) is 2.59.